The second kappa shape index (κ2) is 3.96. The molecule has 0 bridgehead atoms. The summed E-state index contributed by atoms with van der Waals surface area (Å²) in [5, 5.41) is 3.30. The molecule has 1 atom stereocenters. The van der Waals surface area contributed by atoms with Crippen molar-refractivity contribution >= 4 is 5.65 Å². The number of hydrogen-bond donors (Lipinski definition) is 1. The van der Waals surface area contributed by atoms with Crippen molar-refractivity contribution in [1.29, 1.82) is 0 Å². The van der Waals surface area contributed by atoms with Crippen molar-refractivity contribution < 1.29 is 0 Å². The summed E-state index contributed by atoms with van der Waals surface area (Å²) in [5.74, 6) is 0.382. The van der Waals surface area contributed by atoms with Gasteiger partial charge in [-0.15, -0.1) is 0 Å². The van der Waals surface area contributed by atoms with Crippen molar-refractivity contribution in [2.24, 2.45) is 0 Å². The lowest BCUT2D eigenvalue weighted by Gasteiger charge is -2.10. The molecule has 88 valence electrons. The number of hydrogen-bond acceptors (Lipinski definition) is 3. The summed E-state index contributed by atoms with van der Waals surface area (Å²) in [6.45, 7) is 3.92. The van der Waals surface area contributed by atoms with Crippen LogP contribution in [0.15, 0.2) is 29.2 Å². The zero-order valence-corrected chi connectivity index (χ0v) is 9.81. The van der Waals surface area contributed by atoms with Crippen LogP contribution in [-0.4, -0.2) is 22.5 Å². The molecule has 1 aliphatic rings. The van der Waals surface area contributed by atoms with Crippen LogP contribution in [0.1, 0.15) is 23.6 Å². The molecule has 2 aromatic heterocycles. The quantitative estimate of drug-likeness (QED) is 0.796. The second-order valence-electron chi connectivity index (χ2n) is 4.59. The van der Waals surface area contributed by atoms with Crippen molar-refractivity contribution in [3.63, 3.8) is 0 Å². The van der Waals surface area contributed by atoms with Gasteiger partial charge >= 0.3 is 0 Å². The molecule has 4 nitrogen and oxygen atoms in total. The predicted molar refractivity (Wildman–Crippen MR) is 66.4 cm³/mol. The Balaban J connectivity index is 2.22. The molecule has 1 fully saturated rings. The van der Waals surface area contributed by atoms with E-state index in [9.17, 15) is 4.79 Å². The molecule has 0 saturated carbocycles. The van der Waals surface area contributed by atoms with Crippen LogP contribution in [0.2, 0.25) is 0 Å². The van der Waals surface area contributed by atoms with Gasteiger partial charge < -0.3 is 5.32 Å². The normalized spacial score (nSPS) is 19.9. The van der Waals surface area contributed by atoms with Gasteiger partial charge in [0.25, 0.3) is 5.56 Å². The van der Waals surface area contributed by atoms with Gasteiger partial charge in [-0.2, -0.15) is 0 Å². The van der Waals surface area contributed by atoms with E-state index in [1.165, 1.54) is 0 Å². The fourth-order valence-corrected chi connectivity index (χ4v) is 2.40. The van der Waals surface area contributed by atoms with E-state index in [0.717, 1.165) is 36.4 Å². The highest BCUT2D eigenvalue weighted by molar-refractivity contribution is 5.47. The zero-order chi connectivity index (χ0) is 11.8. The molecule has 2 aromatic rings. The average Bonchev–Trinajstić information content (AvgIpc) is 2.84. The van der Waals surface area contributed by atoms with Crippen LogP contribution >= 0.6 is 0 Å². The van der Waals surface area contributed by atoms with Gasteiger partial charge in [-0.05, 0) is 31.5 Å². The van der Waals surface area contributed by atoms with Crippen LogP contribution in [0, 0.1) is 6.92 Å². The Labute approximate surface area is 99.3 Å². The fraction of sp³-hybridized carbons (Fsp3) is 0.385. The molecule has 1 unspecified atom stereocenters. The number of aromatic nitrogens is 2. The maximum absolute atomic E-state index is 12.0. The first-order valence-electron chi connectivity index (χ1n) is 5.95. The average molecular weight is 229 g/mol. The van der Waals surface area contributed by atoms with Crippen LogP contribution in [-0.2, 0) is 0 Å². The van der Waals surface area contributed by atoms with E-state index in [-0.39, 0.29) is 5.56 Å². The van der Waals surface area contributed by atoms with Gasteiger partial charge in [0, 0.05) is 24.7 Å². The van der Waals surface area contributed by atoms with Crippen molar-refractivity contribution in [3.8, 4) is 0 Å². The molecule has 0 spiro atoms. The minimum absolute atomic E-state index is 0.0144. The van der Waals surface area contributed by atoms with E-state index in [4.69, 9.17) is 0 Å². The van der Waals surface area contributed by atoms with Crippen molar-refractivity contribution in [2.75, 3.05) is 13.1 Å². The smallest absolute Gasteiger partial charge is 0.258 e. The van der Waals surface area contributed by atoms with E-state index >= 15 is 0 Å². The van der Waals surface area contributed by atoms with Crippen molar-refractivity contribution in [1.82, 2.24) is 14.7 Å². The van der Waals surface area contributed by atoms with Crippen LogP contribution in [0.5, 0.6) is 0 Å². The highest BCUT2D eigenvalue weighted by Gasteiger charge is 2.19. The van der Waals surface area contributed by atoms with E-state index in [1.807, 2.05) is 19.1 Å². The molecule has 1 aliphatic heterocycles. The third-order valence-corrected chi connectivity index (χ3v) is 3.38. The molecular weight excluding hydrogens is 214 g/mol. The first-order valence-corrected chi connectivity index (χ1v) is 5.95. The lowest BCUT2D eigenvalue weighted by atomic mass is 10.0. The third kappa shape index (κ3) is 1.74. The van der Waals surface area contributed by atoms with Crippen LogP contribution in [0.4, 0.5) is 0 Å². The van der Waals surface area contributed by atoms with Gasteiger partial charge in [-0.25, -0.2) is 4.98 Å². The van der Waals surface area contributed by atoms with Gasteiger partial charge in [0.2, 0.25) is 0 Å². The number of fused-ring (bicyclic) bond motifs is 1. The van der Waals surface area contributed by atoms with E-state index in [1.54, 1.807) is 16.7 Å². The summed E-state index contributed by atoms with van der Waals surface area (Å²) in [5.41, 5.74) is 2.76. The standard InChI is InChI=1S/C13H15N3O/c1-9-3-2-6-16-12(17)7-11(15-13(9)16)10-4-5-14-8-10/h2-3,6-7,10,14H,4-5,8H2,1H3. The van der Waals surface area contributed by atoms with Gasteiger partial charge in [0.1, 0.15) is 5.65 Å². The Morgan fingerprint density at radius 2 is 2.41 bits per heavy atom. The maximum Gasteiger partial charge on any atom is 0.258 e. The molecular formula is C13H15N3O. The summed E-state index contributed by atoms with van der Waals surface area (Å²) in [4.78, 5) is 16.7. The minimum atomic E-state index is 0.0144. The summed E-state index contributed by atoms with van der Waals surface area (Å²) in [6.07, 6.45) is 2.84. The Morgan fingerprint density at radius 3 is 3.18 bits per heavy atom. The lowest BCUT2D eigenvalue weighted by molar-refractivity contribution is 0.730. The number of nitrogens with zero attached hydrogens (tertiary/aromatic N) is 2. The number of rotatable bonds is 1. The Kier molecular flexibility index (Phi) is 2.44. The Bertz CT molecular complexity index is 612. The Hall–Kier alpha value is -1.68. The highest BCUT2D eigenvalue weighted by atomic mass is 16.1. The lowest BCUT2D eigenvalue weighted by Crippen LogP contribution is -2.18. The maximum atomic E-state index is 12.0. The van der Waals surface area contributed by atoms with E-state index in [2.05, 4.69) is 10.3 Å². The molecule has 0 amide bonds. The van der Waals surface area contributed by atoms with Crippen LogP contribution < -0.4 is 10.9 Å². The second-order valence-corrected chi connectivity index (χ2v) is 4.59. The molecule has 0 aromatic carbocycles. The first-order chi connectivity index (χ1) is 8.25. The summed E-state index contributed by atoms with van der Waals surface area (Å²) < 4.78 is 1.61. The monoisotopic (exact) mass is 229 g/mol. The van der Waals surface area contributed by atoms with Gasteiger partial charge in [0.05, 0.1) is 5.69 Å². The van der Waals surface area contributed by atoms with Gasteiger partial charge in [0.15, 0.2) is 0 Å². The largest absolute Gasteiger partial charge is 0.316 e. The predicted octanol–water partition coefficient (Wildman–Crippen LogP) is 1.08. The van der Waals surface area contributed by atoms with Crippen molar-refractivity contribution in [3.05, 3.63) is 46.0 Å². The van der Waals surface area contributed by atoms with E-state index < -0.39 is 0 Å². The first kappa shape index (κ1) is 10.5. The topological polar surface area (TPSA) is 46.4 Å². The molecule has 1 N–H and O–H groups in total. The molecule has 3 rings (SSSR count). The van der Waals surface area contributed by atoms with Gasteiger partial charge in [-0.3, -0.25) is 9.20 Å². The molecule has 1 saturated heterocycles. The van der Waals surface area contributed by atoms with Crippen molar-refractivity contribution in [2.45, 2.75) is 19.3 Å². The van der Waals surface area contributed by atoms with Crippen LogP contribution in [0.25, 0.3) is 5.65 Å². The van der Waals surface area contributed by atoms with Gasteiger partial charge in [-0.1, -0.05) is 6.07 Å². The number of pyridine rings is 1. The fourth-order valence-electron chi connectivity index (χ4n) is 2.40. The molecule has 0 radical (unpaired) electrons. The molecule has 17 heavy (non-hydrogen) atoms. The van der Waals surface area contributed by atoms with Crippen LogP contribution in [0.3, 0.4) is 0 Å². The minimum Gasteiger partial charge on any atom is -0.316 e. The number of nitrogens with one attached hydrogen (secondary N) is 1. The third-order valence-electron chi connectivity index (χ3n) is 3.38. The summed E-state index contributed by atoms with van der Waals surface area (Å²) in [7, 11) is 0. The SMILES string of the molecule is Cc1cccn2c(=O)cc(C3CCNC3)nc12. The number of aryl methyl sites for hydroxylation is 1. The molecule has 0 aliphatic carbocycles. The summed E-state index contributed by atoms with van der Waals surface area (Å²) in [6, 6.07) is 5.53. The molecule has 4 heteroatoms. The van der Waals surface area contributed by atoms with E-state index in [0.29, 0.717) is 5.92 Å². The zero-order valence-electron chi connectivity index (χ0n) is 9.81. The highest BCUT2D eigenvalue weighted by Crippen LogP contribution is 2.20. The molecule has 3 heterocycles. The Morgan fingerprint density at radius 1 is 1.53 bits per heavy atom. The summed E-state index contributed by atoms with van der Waals surface area (Å²) >= 11 is 0.